The minimum Gasteiger partial charge on any atom is -0.488 e. The summed E-state index contributed by atoms with van der Waals surface area (Å²) in [5.41, 5.74) is -0.176. The fourth-order valence-corrected chi connectivity index (χ4v) is 5.36. The van der Waals surface area contributed by atoms with Crippen molar-refractivity contribution in [3.8, 4) is 5.75 Å². The number of rotatable bonds is 3. The lowest BCUT2D eigenvalue weighted by atomic mass is 9.84. The molecule has 0 radical (unpaired) electrons. The van der Waals surface area contributed by atoms with E-state index in [1.54, 1.807) is 0 Å². The molecule has 1 amide bonds. The smallest absolute Gasteiger partial charge is 0.220 e. The van der Waals surface area contributed by atoms with Gasteiger partial charge in [0, 0.05) is 25.0 Å². The minimum absolute atomic E-state index is 0.107. The number of hydrogen-bond acceptors (Lipinski definition) is 4. The second kappa shape index (κ2) is 7.80. The molecule has 2 N–H and O–H groups in total. The molecule has 1 saturated carbocycles. The molecule has 2 heterocycles. The van der Waals surface area contributed by atoms with Crippen LogP contribution in [0.15, 0.2) is 30.3 Å². The zero-order chi connectivity index (χ0) is 18.9. The van der Waals surface area contributed by atoms with Crippen molar-refractivity contribution < 1.29 is 14.6 Å². The predicted octanol–water partition coefficient (Wildman–Crippen LogP) is 2.87. The van der Waals surface area contributed by atoms with E-state index in [1.165, 1.54) is 0 Å². The Labute approximate surface area is 162 Å². The number of hydrogen-bond donors (Lipinski definition) is 2. The maximum Gasteiger partial charge on any atom is 0.220 e. The number of nitrogens with zero attached hydrogens (tertiary/aromatic N) is 1. The van der Waals surface area contributed by atoms with Crippen LogP contribution in [0.3, 0.4) is 0 Å². The highest BCUT2D eigenvalue weighted by Crippen LogP contribution is 2.38. The SMILES string of the molecule is C[C@]12CCN([C@H]3CCC[C@@H](Oc4ccccc4)[C@@H]3O)[C@H]1CCCCC(=O)N2. The first kappa shape index (κ1) is 18.8. The van der Waals surface area contributed by atoms with Gasteiger partial charge in [-0.05, 0) is 57.6 Å². The van der Waals surface area contributed by atoms with E-state index in [4.69, 9.17) is 4.74 Å². The molecule has 3 fully saturated rings. The average molecular weight is 373 g/mol. The lowest BCUT2D eigenvalue weighted by Gasteiger charge is -2.45. The van der Waals surface area contributed by atoms with Crippen molar-refractivity contribution in [3.63, 3.8) is 0 Å². The number of amides is 1. The normalized spacial score (nSPS) is 37.8. The molecule has 2 saturated heterocycles. The number of aliphatic hydroxyl groups is 1. The summed E-state index contributed by atoms with van der Waals surface area (Å²) in [4.78, 5) is 14.7. The van der Waals surface area contributed by atoms with Gasteiger partial charge in [0.2, 0.25) is 5.91 Å². The van der Waals surface area contributed by atoms with Crippen LogP contribution in [0.2, 0.25) is 0 Å². The van der Waals surface area contributed by atoms with Gasteiger partial charge in [-0.1, -0.05) is 24.6 Å². The van der Waals surface area contributed by atoms with Crippen LogP contribution in [0, 0.1) is 0 Å². The van der Waals surface area contributed by atoms with Crippen molar-refractivity contribution in [2.75, 3.05) is 6.54 Å². The van der Waals surface area contributed by atoms with Crippen molar-refractivity contribution in [2.24, 2.45) is 0 Å². The van der Waals surface area contributed by atoms with Gasteiger partial charge in [-0.15, -0.1) is 0 Å². The largest absolute Gasteiger partial charge is 0.488 e. The number of carbonyl (C=O) groups is 1. The molecule has 2 aliphatic heterocycles. The topological polar surface area (TPSA) is 61.8 Å². The Morgan fingerprint density at radius 1 is 1.15 bits per heavy atom. The molecule has 5 heteroatoms. The van der Waals surface area contributed by atoms with Gasteiger partial charge >= 0.3 is 0 Å². The average Bonchev–Trinajstić information content (AvgIpc) is 2.95. The highest BCUT2D eigenvalue weighted by atomic mass is 16.5. The number of carbonyl (C=O) groups excluding carboxylic acids is 1. The van der Waals surface area contributed by atoms with Crippen molar-refractivity contribution in [1.82, 2.24) is 10.2 Å². The first-order valence-corrected chi connectivity index (χ1v) is 10.5. The van der Waals surface area contributed by atoms with Gasteiger partial charge in [-0.2, -0.15) is 0 Å². The number of benzene rings is 1. The highest BCUT2D eigenvalue weighted by Gasteiger charge is 2.50. The van der Waals surface area contributed by atoms with Crippen LogP contribution in [-0.2, 0) is 4.79 Å². The molecule has 5 atom stereocenters. The summed E-state index contributed by atoms with van der Waals surface area (Å²) >= 11 is 0. The quantitative estimate of drug-likeness (QED) is 0.856. The van der Waals surface area contributed by atoms with E-state index >= 15 is 0 Å². The summed E-state index contributed by atoms with van der Waals surface area (Å²) in [6.07, 6.45) is 7.00. The minimum atomic E-state index is -0.498. The summed E-state index contributed by atoms with van der Waals surface area (Å²) in [5, 5.41) is 14.4. The molecule has 0 bridgehead atoms. The maximum atomic E-state index is 12.2. The molecule has 0 aromatic heterocycles. The van der Waals surface area contributed by atoms with Gasteiger partial charge in [-0.3, -0.25) is 9.69 Å². The molecular formula is C22H32N2O3. The van der Waals surface area contributed by atoms with Crippen molar-refractivity contribution in [2.45, 2.75) is 88.1 Å². The van der Waals surface area contributed by atoms with Crippen LogP contribution in [0.5, 0.6) is 5.75 Å². The molecule has 0 unspecified atom stereocenters. The van der Waals surface area contributed by atoms with Crippen molar-refractivity contribution in [1.29, 1.82) is 0 Å². The fourth-order valence-electron chi connectivity index (χ4n) is 5.36. The van der Waals surface area contributed by atoms with Crippen molar-refractivity contribution >= 4 is 5.91 Å². The lowest BCUT2D eigenvalue weighted by molar-refractivity contribution is -0.124. The van der Waals surface area contributed by atoms with Gasteiger partial charge in [0.15, 0.2) is 0 Å². The Morgan fingerprint density at radius 2 is 1.96 bits per heavy atom. The van der Waals surface area contributed by atoms with Gasteiger partial charge in [0.1, 0.15) is 18.0 Å². The first-order chi connectivity index (χ1) is 13.1. The maximum absolute atomic E-state index is 12.2. The molecule has 1 aliphatic carbocycles. The van der Waals surface area contributed by atoms with E-state index < -0.39 is 6.10 Å². The molecule has 148 valence electrons. The number of nitrogens with one attached hydrogen (secondary N) is 1. The number of ether oxygens (including phenoxy) is 1. The van der Waals surface area contributed by atoms with E-state index in [0.717, 1.165) is 57.2 Å². The molecular weight excluding hydrogens is 340 g/mol. The number of fused-ring (bicyclic) bond motifs is 1. The lowest BCUT2D eigenvalue weighted by Crippen LogP contribution is -2.60. The van der Waals surface area contributed by atoms with Crippen LogP contribution >= 0.6 is 0 Å². The van der Waals surface area contributed by atoms with Gasteiger partial charge < -0.3 is 15.2 Å². The molecule has 1 aromatic carbocycles. The fraction of sp³-hybridized carbons (Fsp3) is 0.682. The van der Waals surface area contributed by atoms with E-state index in [-0.39, 0.29) is 23.6 Å². The summed E-state index contributed by atoms with van der Waals surface area (Å²) in [5.74, 6) is 1.00. The Hall–Kier alpha value is -1.59. The van der Waals surface area contributed by atoms with Gasteiger partial charge in [0.25, 0.3) is 0 Å². The molecule has 27 heavy (non-hydrogen) atoms. The molecule has 3 aliphatic rings. The Kier molecular flexibility index (Phi) is 5.42. The highest BCUT2D eigenvalue weighted by molar-refractivity contribution is 5.77. The van der Waals surface area contributed by atoms with E-state index in [1.807, 2.05) is 30.3 Å². The zero-order valence-electron chi connectivity index (χ0n) is 16.3. The zero-order valence-corrected chi connectivity index (χ0v) is 16.3. The number of aliphatic hydroxyl groups excluding tert-OH is 1. The molecule has 4 rings (SSSR count). The van der Waals surface area contributed by atoms with Gasteiger partial charge in [-0.25, -0.2) is 0 Å². The molecule has 1 aromatic rings. The number of likely N-dealkylation sites (tertiary alicyclic amines) is 1. The third-order valence-corrected chi connectivity index (χ3v) is 6.80. The third kappa shape index (κ3) is 3.85. The predicted molar refractivity (Wildman–Crippen MR) is 105 cm³/mol. The number of para-hydroxylation sites is 1. The summed E-state index contributed by atoms with van der Waals surface area (Å²) < 4.78 is 6.13. The summed E-state index contributed by atoms with van der Waals surface area (Å²) in [6.45, 7) is 3.12. The Balaban J connectivity index is 1.49. The van der Waals surface area contributed by atoms with Crippen molar-refractivity contribution in [3.05, 3.63) is 30.3 Å². The second-order valence-electron chi connectivity index (χ2n) is 8.67. The van der Waals surface area contributed by atoms with E-state index in [0.29, 0.717) is 12.5 Å². The molecule has 5 nitrogen and oxygen atoms in total. The molecule has 0 spiro atoms. The Morgan fingerprint density at radius 3 is 2.78 bits per heavy atom. The van der Waals surface area contributed by atoms with Gasteiger partial charge in [0.05, 0.1) is 5.54 Å². The third-order valence-electron chi connectivity index (χ3n) is 6.80. The van der Waals surface area contributed by atoms with Crippen LogP contribution in [-0.4, -0.2) is 52.3 Å². The van der Waals surface area contributed by atoms with Crippen LogP contribution in [0.25, 0.3) is 0 Å². The first-order valence-electron chi connectivity index (χ1n) is 10.5. The summed E-state index contributed by atoms with van der Waals surface area (Å²) in [6, 6.07) is 10.2. The Bertz CT molecular complexity index is 652. The van der Waals surface area contributed by atoms with E-state index in [9.17, 15) is 9.90 Å². The van der Waals surface area contributed by atoms with Crippen LogP contribution in [0.4, 0.5) is 0 Å². The van der Waals surface area contributed by atoms with E-state index in [2.05, 4.69) is 17.1 Å². The van der Waals surface area contributed by atoms with Crippen LogP contribution in [0.1, 0.15) is 58.3 Å². The monoisotopic (exact) mass is 372 g/mol. The van der Waals surface area contributed by atoms with Crippen LogP contribution < -0.4 is 10.1 Å². The second-order valence-corrected chi connectivity index (χ2v) is 8.67. The standard InChI is InChI=1S/C22H32N2O3/c1-22-14-15-24(19(22)12-5-6-13-20(25)23-22)17-10-7-11-18(21(17)26)27-16-8-3-2-4-9-16/h2-4,8-9,17-19,21,26H,5-7,10-15H2,1H3,(H,23,25)/t17-,18+,19-,21+,22-/m0/s1. The summed E-state index contributed by atoms with van der Waals surface area (Å²) in [7, 11) is 0.